The highest BCUT2D eigenvalue weighted by Crippen LogP contribution is 2.29. The first-order chi connectivity index (χ1) is 12.6. The number of nitrogens with zero attached hydrogens (tertiary/aromatic N) is 1. The monoisotopic (exact) mass is 426 g/mol. The molecule has 0 aliphatic heterocycles. The van der Waals surface area contributed by atoms with Crippen molar-refractivity contribution >= 4 is 44.6 Å². The molecule has 6 nitrogen and oxygen atoms in total. The molecule has 0 radical (unpaired) electrons. The summed E-state index contributed by atoms with van der Waals surface area (Å²) in [6.45, 7) is 7.07. The van der Waals surface area contributed by atoms with E-state index in [9.17, 15) is 13.2 Å². The van der Waals surface area contributed by atoms with Gasteiger partial charge in [0.05, 0.1) is 4.88 Å². The Labute approximate surface area is 167 Å². The minimum atomic E-state index is -3.93. The zero-order valence-corrected chi connectivity index (χ0v) is 17.6. The minimum Gasteiger partial charge on any atom is -0.336 e. The number of benzene rings is 1. The fourth-order valence-corrected chi connectivity index (χ4v) is 4.55. The highest BCUT2D eigenvalue weighted by Gasteiger charge is 2.25. The molecule has 0 amide bonds. The largest absolute Gasteiger partial charge is 0.336 e. The summed E-state index contributed by atoms with van der Waals surface area (Å²) < 4.78 is 31.2. The van der Waals surface area contributed by atoms with E-state index in [1.54, 1.807) is 6.92 Å². The molecule has 0 fully saturated rings. The number of carbonyl (C=O) groups is 1. The minimum absolute atomic E-state index is 0.0863. The Hall–Kier alpha value is -2.16. The number of halogens is 1. The maximum absolute atomic E-state index is 12.1. The topological polar surface area (TPSA) is 89.3 Å². The molecule has 2 heterocycles. The predicted octanol–water partition coefficient (Wildman–Crippen LogP) is 5.00. The smallest absolute Gasteiger partial charge is 0.265 e. The van der Waals surface area contributed by atoms with Crippen LogP contribution in [-0.4, -0.2) is 19.4 Å². The zero-order valence-electron chi connectivity index (χ0n) is 15.2. The second-order valence-electron chi connectivity index (χ2n) is 5.84. The van der Waals surface area contributed by atoms with Crippen LogP contribution in [0.2, 0.25) is 5.02 Å². The third kappa shape index (κ3) is 5.41. The Morgan fingerprint density at radius 1 is 1.11 bits per heavy atom. The van der Waals surface area contributed by atoms with E-state index in [2.05, 4.69) is 48.0 Å². The predicted molar refractivity (Wildman–Crippen MR) is 107 cm³/mol. The molecule has 0 atom stereocenters. The van der Waals surface area contributed by atoms with Crippen LogP contribution in [0.25, 0.3) is 0 Å². The molecule has 0 bridgehead atoms. The summed E-state index contributed by atoms with van der Waals surface area (Å²) in [4.78, 5) is 11.4. The first-order valence-corrected chi connectivity index (χ1v) is 10.6. The van der Waals surface area contributed by atoms with Gasteiger partial charge in [-0.25, -0.2) is 13.1 Å². The van der Waals surface area contributed by atoms with E-state index < -0.39 is 10.0 Å². The number of Topliss-reactive ketones (excluding diaryl/α,β-unsaturated/α-hetero) is 1. The first kappa shape index (κ1) is 21.1. The number of carbonyl (C=O) groups excluding carboxylic acids is 1. The van der Waals surface area contributed by atoms with E-state index in [1.807, 2.05) is 0 Å². The van der Waals surface area contributed by atoms with E-state index in [4.69, 9.17) is 16.1 Å². The van der Waals surface area contributed by atoms with Gasteiger partial charge in [0.15, 0.2) is 5.78 Å². The average molecular weight is 427 g/mol. The number of thiophene rings is 1. The van der Waals surface area contributed by atoms with Crippen molar-refractivity contribution in [3.63, 3.8) is 0 Å². The van der Waals surface area contributed by atoms with E-state index in [0.29, 0.717) is 5.69 Å². The van der Waals surface area contributed by atoms with E-state index >= 15 is 0 Å². The van der Waals surface area contributed by atoms with Crippen LogP contribution in [-0.2, 0) is 10.0 Å². The number of nitrogens with one attached hydrogen (secondary N) is 1. The summed E-state index contributed by atoms with van der Waals surface area (Å²) in [6.07, 6.45) is 0. The van der Waals surface area contributed by atoms with Crippen molar-refractivity contribution in [2.75, 3.05) is 4.72 Å². The Kier molecular flexibility index (Phi) is 6.80. The van der Waals surface area contributed by atoms with Gasteiger partial charge in [-0.3, -0.25) is 4.79 Å². The molecule has 0 aliphatic rings. The van der Waals surface area contributed by atoms with Crippen LogP contribution in [0.15, 0.2) is 45.1 Å². The summed E-state index contributed by atoms with van der Waals surface area (Å²) in [7, 11) is -3.93. The van der Waals surface area contributed by atoms with Crippen molar-refractivity contribution in [3.05, 3.63) is 62.4 Å². The third-order valence-electron chi connectivity index (χ3n) is 3.47. The number of hydrogen-bond acceptors (Lipinski definition) is 6. The zero-order chi connectivity index (χ0) is 20.2. The highest BCUT2D eigenvalue weighted by molar-refractivity contribution is 7.93. The van der Waals surface area contributed by atoms with Crippen LogP contribution in [0, 0.1) is 20.8 Å². The Balaban J connectivity index is 0.000000273. The maximum Gasteiger partial charge on any atom is 0.265 e. The van der Waals surface area contributed by atoms with Gasteiger partial charge in [-0.2, -0.15) is 0 Å². The van der Waals surface area contributed by atoms with E-state index in [1.165, 1.54) is 29.5 Å². The highest BCUT2D eigenvalue weighted by atomic mass is 35.5. The van der Waals surface area contributed by atoms with Gasteiger partial charge in [0.25, 0.3) is 15.9 Å². The van der Waals surface area contributed by atoms with Crippen LogP contribution in [0.5, 0.6) is 0 Å². The average Bonchev–Trinajstić information content (AvgIpc) is 3.21. The number of sulfonamides is 1. The molecular weight excluding hydrogens is 408 g/mol. The summed E-state index contributed by atoms with van der Waals surface area (Å²) in [5, 5.41) is 5.15. The van der Waals surface area contributed by atoms with E-state index in [0.717, 1.165) is 11.3 Å². The molecule has 0 saturated heterocycles. The molecular formula is C18H19ClN2O4S2. The van der Waals surface area contributed by atoms with Crippen LogP contribution in [0.3, 0.4) is 0 Å². The number of aromatic nitrogens is 1. The van der Waals surface area contributed by atoms with Crippen LogP contribution >= 0.6 is 22.9 Å². The van der Waals surface area contributed by atoms with Gasteiger partial charge < -0.3 is 4.52 Å². The quantitative estimate of drug-likeness (QED) is 0.592. The van der Waals surface area contributed by atoms with Crippen LogP contribution in [0.1, 0.15) is 33.4 Å². The van der Waals surface area contributed by atoms with Crippen molar-refractivity contribution in [1.29, 1.82) is 0 Å². The van der Waals surface area contributed by atoms with Crippen molar-refractivity contribution < 1.29 is 17.7 Å². The molecule has 1 aromatic carbocycles. The Morgan fingerprint density at radius 2 is 1.67 bits per heavy atom. The molecule has 9 heteroatoms. The Morgan fingerprint density at radius 3 is 2.11 bits per heavy atom. The molecule has 1 N–H and O–H groups in total. The summed E-state index contributed by atoms with van der Waals surface area (Å²) in [6, 6.07) is 9.83. The van der Waals surface area contributed by atoms with Gasteiger partial charge in [0, 0.05) is 0 Å². The fourth-order valence-electron chi connectivity index (χ4n) is 2.00. The molecule has 2 aromatic heterocycles. The third-order valence-corrected chi connectivity index (χ3v) is 6.44. The van der Waals surface area contributed by atoms with E-state index in [-0.39, 0.29) is 26.5 Å². The van der Waals surface area contributed by atoms with Gasteiger partial charge in [-0.1, -0.05) is 52.1 Å². The maximum atomic E-state index is 12.1. The molecule has 0 spiro atoms. The van der Waals surface area contributed by atoms with Crippen molar-refractivity contribution in [3.8, 4) is 0 Å². The summed E-state index contributed by atoms with van der Waals surface area (Å²) in [5.74, 6) is -0.491. The molecule has 3 rings (SSSR count). The number of rotatable bonds is 4. The molecule has 0 aliphatic carbocycles. The lowest BCUT2D eigenvalue weighted by Crippen LogP contribution is -2.14. The standard InChI is InChI=1S/C10H9ClN2O4S2.C8H10/c1-5-8(11)10(17-12-5)13-19(15,16)7-3-4-18-9(7)6(2)14;1-7-3-5-8(2)6-4-7/h3-4,13H,1-2H3;3-6H,1-2H3. The summed E-state index contributed by atoms with van der Waals surface area (Å²) in [5.41, 5.74) is 3.03. The number of anilines is 1. The number of hydrogen-bond donors (Lipinski definition) is 1. The molecule has 144 valence electrons. The molecule has 0 saturated carbocycles. The van der Waals surface area contributed by atoms with Crippen molar-refractivity contribution in [1.82, 2.24) is 5.16 Å². The lowest BCUT2D eigenvalue weighted by Gasteiger charge is -2.04. The number of aryl methyl sites for hydroxylation is 3. The lowest BCUT2D eigenvalue weighted by molar-refractivity contribution is 0.101. The molecule has 3 aromatic rings. The number of ketones is 1. The fraction of sp³-hybridized carbons (Fsp3) is 0.222. The van der Waals surface area contributed by atoms with Gasteiger partial charge in [-0.05, 0) is 39.1 Å². The molecule has 27 heavy (non-hydrogen) atoms. The van der Waals surface area contributed by atoms with Crippen molar-refractivity contribution in [2.24, 2.45) is 0 Å². The van der Waals surface area contributed by atoms with Crippen molar-refractivity contribution in [2.45, 2.75) is 32.6 Å². The Bertz CT molecular complexity index is 1020. The van der Waals surface area contributed by atoms with Gasteiger partial charge in [-0.15, -0.1) is 11.3 Å². The molecule has 0 unspecified atom stereocenters. The van der Waals surface area contributed by atoms with Gasteiger partial charge >= 0.3 is 0 Å². The van der Waals surface area contributed by atoms with Crippen LogP contribution in [0.4, 0.5) is 5.88 Å². The van der Waals surface area contributed by atoms with Crippen LogP contribution < -0.4 is 4.72 Å². The van der Waals surface area contributed by atoms with Gasteiger partial charge in [0.1, 0.15) is 15.6 Å². The SMILES string of the molecule is CC(=O)c1sccc1S(=O)(=O)Nc1onc(C)c1Cl.Cc1ccc(C)cc1. The first-order valence-electron chi connectivity index (χ1n) is 7.88. The second kappa shape index (κ2) is 8.69. The normalized spacial score (nSPS) is 10.9. The lowest BCUT2D eigenvalue weighted by atomic mass is 10.2. The second-order valence-corrected chi connectivity index (χ2v) is 8.79. The van der Waals surface area contributed by atoms with Gasteiger partial charge in [0.2, 0.25) is 0 Å². The summed E-state index contributed by atoms with van der Waals surface area (Å²) >= 11 is 6.89.